The van der Waals surface area contributed by atoms with Crippen molar-refractivity contribution >= 4 is 17.7 Å². The lowest BCUT2D eigenvalue weighted by Gasteiger charge is -2.37. The van der Waals surface area contributed by atoms with Crippen LogP contribution in [0.1, 0.15) is 24.0 Å². The number of carbonyl (C=O) groups excluding carboxylic acids is 1. The van der Waals surface area contributed by atoms with Gasteiger partial charge in [-0.3, -0.25) is 4.79 Å². The van der Waals surface area contributed by atoms with Gasteiger partial charge in [0.25, 0.3) is 0 Å². The van der Waals surface area contributed by atoms with E-state index in [1.165, 1.54) is 4.90 Å². The summed E-state index contributed by atoms with van der Waals surface area (Å²) in [5.74, 6) is 1.01. The zero-order valence-electron chi connectivity index (χ0n) is 17.8. The second-order valence-corrected chi connectivity index (χ2v) is 9.37. The van der Waals surface area contributed by atoms with Gasteiger partial charge in [-0.2, -0.15) is 0 Å². The molecule has 1 amide bonds. The van der Waals surface area contributed by atoms with E-state index < -0.39 is 5.41 Å². The van der Waals surface area contributed by atoms with E-state index in [-0.39, 0.29) is 11.8 Å². The Morgan fingerprint density at radius 1 is 0.903 bits per heavy atom. The maximum atomic E-state index is 13.1. The Morgan fingerprint density at radius 3 is 2.00 bits per heavy atom. The van der Waals surface area contributed by atoms with Crippen LogP contribution in [0.2, 0.25) is 0 Å². The average Bonchev–Trinajstić information content (AvgIpc) is 3.28. The fourth-order valence-corrected chi connectivity index (χ4v) is 5.77. The highest BCUT2D eigenvalue weighted by atomic mass is 32.2. The molecule has 3 nitrogen and oxygen atoms in total. The number of nitrogens with two attached hydrogens (primary N) is 1. The van der Waals surface area contributed by atoms with Crippen LogP contribution in [0.5, 0.6) is 0 Å². The number of carbonyl (C=O) groups is 1. The summed E-state index contributed by atoms with van der Waals surface area (Å²) >= 11 is 1.91. The molecule has 3 aromatic rings. The monoisotopic (exact) mass is 430 g/mol. The van der Waals surface area contributed by atoms with E-state index in [4.69, 9.17) is 5.73 Å². The number of thioether (sulfide) groups is 1. The Kier molecular flexibility index (Phi) is 7.10. The molecule has 1 fully saturated rings. The highest BCUT2D eigenvalue weighted by Gasteiger charge is 2.49. The fourth-order valence-electron chi connectivity index (χ4n) is 4.91. The first kappa shape index (κ1) is 21.7. The molecule has 2 N–H and O–H groups in total. The van der Waals surface area contributed by atoms with Crippen molar-refractivity contribution < 1.29 is 4.79 Å². The summed E-state index contributed by atoms with van der Waals surface area (Å²) in [6.45, 7) is 2.95. The SMILES string of the molecule is NC(=O)C(c1ccccc1)(c1ccccc1)[C@H]1CCN(CCCSc2ccccc2)C1. The second kappa shape index (κ2) is 10.2. The van der Waals surface area contributed by atoms with E-state index in [9.17, 15) is 4.79 Å². The fraction of sp³-hybridized carbons (Fsp3) is 0.296. The van der Waals surface area contributed by atoms with Crippen molar-refractivity contribution in [2.45, 2.75) is 23.2 Å². The van der Waals surface area contributed by atoms with E-state index in [0.29, 0.717) is 0 Å². The summed E-state index contributed by atoms with van der Waals surface area (Å²) in [7, 11) is 0. The predicted octanol–water partition coefficient (Wildman–Crippen LogP) is 4.96. The molecule has 0 aliphatic carbocycles. The molecule has 0 unspecified atom stereocenters. The number of rotatable bonds is 9. The smallest absolute Gasteiger partial charge is 0.232 e. The average molecular weight is 431 g/mol. The Labute approximate surface area is 189 Å². The lowest BCUT2D eigenvalue weighted by Crippen LogP contribution is -2.49. The topological polar surface area (TPSA) is 46.3 Å². The quantitative estimate of drug-likeness (QED) is 0.385. The summed E-state index contributed by atoms with van der Waals surface area (Å²) in [5, 5.41) is 0. The number of amides is 1. The van der Waals surface area contributed by atoms with E-state index in [2.05, 4.69) is 59.5 Å². The first-order valence-electron chi connectivity index (χ1n) is 11.0. The van der Waals surface area contributed by atoms with Gasteiger partial charge >= 0.3 is 0 Å². The Bertz CT molecular complexity index is 923. The van der Waals surface area contributed by atoms with Crippen LogP contribution in [0, 0.1) is 5.92 Å². The van der Waals surface area contributed by atoms with Crippen LogP contribution >= 0.6 is 11.8 Å². The molecule has 1 aliphatic rings. The largest absolute Gasteiger partial charge is 0.369 e. The number of hydrogen-bond donors (Lipinski definition) is 1. The number of primary amides is 1. The molecule has 3 aromatic carbocycles. The van der Waals surface area contributed by atoms with Gasteiger partial charge in [-0.1, -0.05) is 78.9 Å². The molecule has 160 valence electrons. The van der Waals surface area contributed by atoms with Crippen LogP contribution in [-0.4, -0.2) is 36.2 Å². The van der Waals surface area contributed by atoms with Gasteiger partial charge in [0.15, 0.2) is 0 Å². The lowest BCUT2D eigenvalue weighted by molar-refractivity contribution is -0.123. The standard InChI is InChI=1S/C27H30N2OS/c28-26(30)27(22-11-4-1-5-12-22,23-13-6-2-7-14-23)24-17-19-29(21-24)18-10-20-31-25-15-8-3-9-16-25/h1-9,11-16,24H,10,17-21H2,(H2,28,30)/t24-/m0/s1. The Balaban J connectivity index is 1.49. The van der Waals surface area contributed by atoms with Crippen LogP contribution < -0.4 is 5.73 Å². The molecule has 1 heterocycles. The summed E-state index contributed by atoms with van der Waals surface area (Å²) in [5.41, 5.74) is 7.39. The number of hydrogen-bond acceptors (Lipinski definition) is 3. The molecule has 31 heavy (non-hydrogen) atoms. The summed E-state index contributed by atoms with van der Waals surface area (Å²) < 4.78 is 0. The van der Waals surface area contributed by atoms with Crippen LogP contribution in [0.3, 0.4) is 0 Å². The van der Waals surface area contributed by atoms with Crippen LogP contribution in [0.15, 0.2) is 95.9 Å². The molecule has 0 aromatic heterocycles. The molecule has 0 saturated carbocycles. The van der Waals surface area contributed by atoms with Crippen LogP contribution in [0.4, 0.5) is 0 Å². The molecule has 0 bridgehead atoms. The van der Waals surface area contributed by atoms with Crippen molar-refractivity contribution in [2.75, 3.05) is 25.4 Å². The first-order chi connectivity index (χ1) is 15.2. The van der Waals surface area contributed by atoms with Crippen molar-refractivity contribution in [3.8, 4) is 0 Å². The highest BCUT2D eigenvalue weighted by Crippen LogP contribution is 2.43. The normalized spacial score (nSPS) is 17.0. The molecule has 1 aliphatic heterocycles. The van der Waals surface area contributed by atoms with E-state index in [1.54, 1.807) is 0 Å². The van der Waals surface area contributed by atoms with Crippen molar-refractivity contribution in [1.29, 1.82) is 0 Å². The summed E-state index contributed by atoms with van der Waals surface area (Å²) in [6.07, 6.45) is 2.10. The number of likely N-dealkylation sites (tertiary alicyclic amines) is 1. The molecule has 1 saturated heterocycles. The molecule has 4 heteroatoms. The second-order valence-electron chi connectivity index (χ2n) is 8.21. The molecule has 1 atom stereocenters. The molecule has 4 rings (SSSR count). The summed E-state index contributed by atoms with van der Waals surface area (Å²) in [4.78, 5) is 17.0. The Morgan fingerprint density at radius 2 is 1.45 bits per heavy atom. The van der Waals surface area contributed by atoms with Gasteiger partial charge in [0.05, 0.1) is 0 Å². The third kappa shape index (κ3) is 4.70. The van der Waals surface area contributed by atoms with Crippen LogP contribution in [0.25, 0.3) is 0 Å². The lowest BCUT2D eigenvalue weighted by atomic mass is 9.64. The zero-order chi connectivity index (χ0) is 21.5. The maximum absolute atomic E-state index is 13.1. The first-order valence-corrected chi connectivity index (χ1v) is 12.0. The molecule has 0 spiro atoms. The maximum Gasteiger partial charge on any atom is 0.232 e. The minimum Gasteiger partial charge on any atom is -0.369 e. The highest BCUT2D eigenvalue weighted by molar-refractivity contribution is 7.99. The Hall–Kier alpha value is -2.56. The van der Waals surface area contributed by atoms with Crippen LogP contribution in [-0.2, 0) is 10.2 Å². The van der Waals surface area contributed by atoms with E-state index in [0.717, 1.165) is 49.4 Å². The minimum atomic E-state index is -0.796. The molecular weight excluding hydrogens is 400 g/mol. The van der Waals surface area contributed by atoms with Gasteiger partial charge in [-0.05, 0) is 60.9 Å². The predicted molar refractivity (Wildman–Crippen MR) is 129 cm³/mol. The number of benzene rings is 3. The van der Waals surface area contributed by atoms with Gasteiger partial charge < -0.3 is 10.6 Å². The van der Waals surface area contributed by atoms with Gasteiger partial charge in [0.2, 0.25) is 5.91 Å². The van der Waals surface area contributed by atoms with Gasteiger partial charge in [-0.25, -0.2) is 0 Å². The molecular formula is C27H30N2OS. The van der Waals surface area contributed by atoms with E-state index >= 15 is 0 Å². The van der Waals surface area contributed by atoms with Gasteiger partial charge in [0.1, 0.15) is 5.41 Å². The summed E-state index contributed by atoms with van der Waals surface area (Å²) in [6, 6.07) is 30.8. The van der Waals surface area contributed by atoms with Gasteiger partial charge in [0, 0.05) is 11.4 Å². The minimum absolute atomic E-state index is 0.163. The van der Waals surface area contributed by atoms with E-state index in [1.807, 2.05) is 48.2 Å². The number of nitrogens with zero attached hydrogens (tertiary/aromatic N) is 1. The zero-order valence-corrected chi connectivity index (χ0v) is 18.6. The van der Waals surface area contributed by atoms with Crippen molar-refractivity contribution in [1.82, 2.24) is 4.90 Å². The van der Waals surface area contributed by atoms with Crippen molar-refractivity contribution in [2.24, 2.45) is 11.7 Å². The third-order valence-electron chi connectivity index (χ3n) is 6.36. The van der Waals surface area contributed by atoms with Crippen molar-refractivity contribution in [3.63, 3.8) is 0 Å². The van der Waals surface area contributed by atoms with Crippen molar-refractivity contribution in [3.05, 3.63) is 102 Å². The molecule has 0 radical (unpaired) electrons. The van der Waals surface area contributed by atoms with Gasteiger partial charge in [-0.15, -0.1) is 11.8 Å². The third-order valence-corrected chi connectivity index (χ3v) is 7.46.